The van der Waals surface area contributed by atoms with Crippen LogP contribution in [0.1, 0.15) is 32.7 Å². The number of amides is 1. The normalized spacial score (nSPS) is 15.6. The molecule has 5 nitrogen and oxygen atoms in total. The molecule has 3 aromatic rings. The number of carbonyl (C=O) groups excluding carboxylic acids is 2. The molecule has 1 atom stereocenters. The van der Waals surface area contributed by atoms with E-state index < -0.39 is 11.9 Å². The number of carboxylic acids is 1. The number of halogens is 1. The Kier molecular flexibility index (Phi) is 5.22. The van der Waals surface area contributed by atoms with Crippen molar-refractivity contribution < 1.29 is 19.5 Å². The van der Waals surface area contributed by atoms with Crippen LogP contribution in [0.15, 0.2) is 53.9 Å². The Bertz CT molecular complexity index is 1120. The summed E-state index contributed by atoms with van der Waals surface area (Å²) in [6, 6.07) is 14.1. The van der Waals surface area contributed by atoms with Crippen LogP contribution in [-0.4, -0.2) is 22.8 Å². The van der Waals surface area contributed by atoms with Gasteiger partial charge in [0.05, 0.1) is 10.6 Å². The van der Waals surface area contributed by atoms with Crippen molar-refractivity contribution in [2.45, 2.75) is 12.8 Å². The molecule has 1 amide bonds. The molecule has 7 heteroatoms. The van der Waals surface area contributed by atoms with Gasteiger partial charge in [-0.3, -0.25) is 9.59 Å². The molecule has 29 heavy (non-hydrogen) atoms. The number of thiophene rings is 1. The average Bonchev–Trinajstić information content (AvgIpc) is 3.12. The molecule has 1 aliphatic rings. The van der Waals surface area contributed by atoms with Crippen LogP contribution in [-0.2, 0) is 11.2 Å². The van der Waals surface area contributed by atoms with Crippen LogP contribution in [0.25, 0.3) is 10.4 Å². The van der Waals surface area contributed by atoms with E-state index in [-0.39, 0.29) is 29.4 Å². The van der Waals surface area contributed by atoms with Gasteiger partial charge in [0, 0.05) is 28.3 Å². The number of rotatable bonds is 4. The highest BCUT2D eigenvalue weighted by Crippen LogP contribution is 2.37. The number of hydrogen-bond acceptors (Lipinski definition) is 4. The van der Waals surface area contributed by atoms with Gasteiger partial charge in [-0.25, -0.2) is 4.79 Å². The Labute approximate surface area is 176 Å². The maximum atomic E-state index is 12.8. The SMILES string of the molecule is O=C1CC(C(=O)Nc2csc(-c3ccc(Cl)cc3)c2C(=O)O)Cc2ccccc21. The molecule has 0 bridgehead atoms. The molecule has 1 heterocycles. The summed E-state index contributed by atoms with van der Waals surface area (Å²) in [5, 5.41) is 14.6. The standard InChI is InChI=1S/C22H16ClNO4S/c23-15-7-5-12(6-8-15)20-19(22(27)28)17(11-29-20)24-21(26)14-9-13-3-1-2-4-16(13)18(25)10-14/h1-8,11,14H,9-10H2,(H,24,26)(H,27,28). The number of carbonyl (C=O) groups is 3. The monoisotopic (exact) mass is 425 g/mol. The second-order valence-electron chi connectivity index (χ2n) is 6.84. The maximum absolute atomic E-state index is 12.8. The smallest absolute Gasteiger partial charge is 0.339 e. The maximum Gasteiger partial charge on any atom is 0.339 e. The number of hydrogen-bond donors (Lipinski definition) is 2. The lowest BCUT2D eigenvalue weighted by Gasteiger charge is -2.22. The van der Waals surface area contributed by atoms with E-state index in [1.165, 1.54) is 11.3 Å². The molecule has 0 saturated heterocycles. The summed E-state index contributed by atoms with van der Waals surface area (Å²) in [4.78, 5) is 37.6. The second kappa shape index (κ2) is 7.81. The minimum Gasteiger partial charge on any atom is -0.478 e. The Balaban J connectivity index is 1.60. The van der Waals surface area contributed by atoms with Gasteiger partial charge in [-0.05, 0) is 29.7 Å². The summed E-state index contributed by atoms with van der Waals surface area (Å²) in [5.41, 5.74) is 2.48. The molecular formula is C22H16ClNO4S. The minimum atomic E-state index is -1.13. The third-order valence-electron chi connectivity index (χ3n) is 4.96. The van der Waals surface area contributed by atoms with Gasteiger partial charge in [0.15, 0.2) is 5.78 Å². The fraction of sp³-hybridized carbons (Fsp3) is 0.136. The first-order valence-corrected chi connectivity index (χ1v) is 10.2. The van der Waals surface area contributed by atoms with Crippen LogP contribution in [0.5, 0.6) is 0 Å². The number of nitrogens with one attached hydrogen (secondary N) is 1. The van der Waals surface area contributed by atoms with Gasteiger partial charge >= 0.3 is 5.97 Å². The highest BCUT2D eigenvalue weighted by molar-refractivity contribution is 7.14. The average molecular weight is 426 g/mol. The molecule has 2 aromatic carbocycles. The van der Waals surface area contributed by atoms with Crippen molar-refractivity contribution in [1.82, 2.24) is 0 Å². The Morgan fingerprint density at radius 2 is 1.79 bits per heavy atom. The van der Waals surface area contributed by atoms with Gasteiger partial charge in [-0.2, -0.15) is 0 Å². The quantitative estimate of drug-likeness (QED) is 0.605. The number of fused-ring (bicyclic) bond motifs is 1. The molecule has 0 spiro atoms. The van der Waals surface area contributed by atoms with Crippen LogP contribution in [0.2, 0.25) is 5.02 Å². The van der Waals surface area contributed by atoms with E-state index in [9.17, 15) is 19.5 Å². The summed E-state index contributed by atoms with van der Waals surface area (Å²) in [6.45, 7) is 0. The lowest BCUT2D eigenvalue weighted by molar-refractivity contribution is -0.119. The van der Waals surface area contributed by atoms with Crippen molar-refractivity contribution in [2.75, 3.05) is 5.32 Å². The predicted octanol–water partition coefficient (Wildman–Crippen LogP) is 5.15. The molecule has 1 aromatic heterocycles. The fourth-order valence-electron chi connectivity index (χ4n) is 3.54. The van der Waals surface area contributed by atoms with E-state index in [2.05, 4.69) is 5.32 Å². The first-order valence-electron chi connectivity index (χ1n) is 8.96. The van der Waals surface area contributed by atoms with E-state index >= 15 is 0 Å². The van der Waals surface area contributed by atoms with Gasteiger partial charge in [-0.1, -0.05) is 48.0 Å². The van der Waals surface area contributed by atoms with Crippen LogP contribution < -0.4 is 5.32 Å². The molecule has 0 aliphatic heterocycles. The molecule has 4 rings (SSSR count). The van der Waals surface area contributed by atoms with Gasteiger partial charge in [0.2, 0.25) is 5.91 Å². The fourth-order valence-corrected chi connectivity index (χ4v) is 4.66. The zero-order valence-electron chi connectivity index (χ0n) is 15.1. The zero-order valence-corrected chi connectivity index (χ0v) is 16.7. The first-order chi connectivity index (χ1) is 13.9. The van der Waals surface area contributed by atoms with Crippen LogP contribution in [0, 0.1) is 5.92 Å². The summed E-state index contributed by atoms with van der Waals surface area (Å²) in [6.07, 6.45) is 0.559. The molecule has 146 valence electrons. The number of ketones is 1. The number of carboxylic acid groups (broad SMARTS) is 1. The number of anilines is 1. The number of benzene rings is 2. The Morgan fingerprint density at radius 3 is 2.52 bits per heavy atom. The highest BCUT2D eigenvalue weighted by Gasteiger charge is 2.31. The zero-order chi connectivity index (χ0) is 20.5. The first kappa shape index (κ1) is 19.4. The number of aromatic carboxylic acids is 1. The van der Waals surface area contributed by atoms with Gasteiger partial charge in [0.25, 0.3) is 0 Å². The van der Waals surface area contributed by atoms with Crippen molar-refractivity contribution in [3.8, 4) is 10.4 Å². The van der Waals surface area contributed by atoms with Gasteiger partial charge < -0.3 is 10.4 Å². The molecule has 0 radical (unpaired) electrons. The van der Waals surface area contributed by atoms with Crippen LogP contribution >= 0.6 is 22.9 Å². The van der Waals surface area contributed by atoms with Crippen molar-refractivity contribution in [2.24, 2.45) is 5.92 Å². The lowest BCUT2D eigenvalue weighted by atomic mass is 9.82. The van der Waals surface area contributed by atoms with Crippen molar-refractivity contribution in [3.63, 3.8) is 0 Å². The summed E-state index contributed by atoms with van der Waals surface area (Å²) >= 11 is 7.15. The summed E-state index contributed by atoms with van der Waals surface area (Å²) < 4.78 is 0. The van der Waals surface area contributed by atoms with Gasteiger partial charge in [-0.15, -0.1) is 11.3 Å². The lowest BCUT2D eigenvalue weighted by Crippen LogP contribution is -2.31. The molecule has 1 unspecified atom stereocenters. The minimum absolute atomic E-state index is 0.0354. The molecule has 2 N–H and O–H groups in total. The van der Waals surface area contributed by atoms with Crippen molar-refractivity contribution >= 4 is 46.3 Å². The van der Waals surface area contributed by atoms with E-state index in [1.807, 2.05) is 12.1 Å². The third-order valence-corrected chi connectivity index (χ3v) is 6.24. The molecule has 0 fully saturated rings. The van der Waals surface area contributed by atoms with Crippen molar-refractivity contribution in [1.29, 1.82) is 0 Å². The number of Topliss-reactive ketones (excluding diaryl/α,β-unsaturated/α-hetero) is 1. The van der Waals surface area contributed by atoms with E-state index in [4.69, 9.17) is 11.6 Å². The second-order valence-corrected chi connectivity index (χ2v) is 8.16. The van der Waals surface area contributed by atoms with E-state index in [0.717, 1.165) is 5.56 Å². The highest BCUT2D eigenvalue weighted by atomic mass is 35.5. The third kappa shape index (κ3) is 3.81. The van der Waals surface area contributed by atoms with Crippen LogP contribution in [0.3, 0.4) is 0 Å². The van der Waals surface area contributed by atoms with E-state index in [0.29, 0.717) is 27.4 Å². The summed E-state index contributed by atoms with van der Waals surface area (Å²) in [5.74, 6) is -2.08. The molecular weight excluding hydrogens is 410 g/mol. The topological polar surface area (TPSA) is 83.5 Å². The van der Waals surface area contributed by atoms with E-state index in [1.54, 1.807) is 41.8 Å². The molecule has 1 aliphatic carbocycles. The largest absolute Gasteiger partial charge is 0.478 e. The van der Waals surface area contributed by atoms with Crippen molar-refractivity contribution in [3.05, 3.63) is 75.6 Å². The Hall–Kier alpha value is -2.96. The van der Waals surface area contributed by atoms with Crippen LogP contribution in [0.4, 0.5) is 5.69 Å². The Morgan fingerprint density at radius 1 is 1.07 bits per heavy atom. The predicted molar refractivity (Wildman–Crippen MR) is 113 cm³/mol. The van der Waals surface area contributed by atoms with Gasteiger partial charge in [0.1, 0.15) is 5.56 Å². The summed E-state index contributed by atoms with van der Waals surface area (Å²) in [7, 11) is 0. The molecule has 0 saturated carbocycles.